The van der Waals surface area contributed by atoms with Crippen LogP contribution in [0.1, 0.15) is 83.2 Å². The lowest BCUT2D eigenvalue weighted by molar-refractivity contribution is -0.135. The van der Waals surface area contributed by atoms with Gasteiger partial charge in [-0.1, -0.05) is 43.7 Å². The smallest absolute Gasteiger partial charge is 0.410 e. The van der Waals surface area contributed by atoms with E-state index >= 15 is 0 Å². The molecule has 8 heteroatoms. The maximum atomic E-state index is 12.8. The Bertz CT molecular complexity index is 1100. The second kappa shape index (κ2) is 13.5. The van der Waals surface area contributed by atoms with Crippen molar-refractivity contribution < 1.29 is 19.1 Å². The first-order valence-corrected chi connectivity index (χ1v) is 13.9. The Hall–Kier alpha value is -3.00. The standard InChI is InChI=1S/C27H35N3O4S.C2H6/c1-6-33-25(31)23(29)24-20(16-22(35-24)18-12-10-17(2)11-13-18)21(28)15-19-9-7-8-14-30(19)26(32)34-27(3,4)5;1-2/h10-13,16,19,28-29H,6-9,14-15H2,1-5H3;1-2H3. The highest BCUT2D eigenvalue weighted by Gasteiger charge is 2.32. The van der Waals surface area contributed by atoms with Gasteiger partial charge in [-0.2, -0.15) is 0 Å². The van der Waals surface area contributed by atoms with Gasteiger partial charge < -0.3 is 19.8 Å². The summed E-state index contributed by atoms with van der Waals surface area (Å²) in [5.74, 6) is -0.702. The Kier molecular flexibility index (Phi) is 11.0. The molecule has 2 aromatic rings. The van der Waals surface area contributed by atoms with Gasteiger partial charge in [0.05, 0.1) is 11.5 Å². The van der Waals surface area contributed by atoms with Gasteiger partial charge in [-0.3, -0.25) is 5.41 Å². The Morgan fingerprint density at radius 1 is 1.11 bits per heavy atom. The number of piperidine rings is 1. The fourth-order valence-corrected chi connectivity index (χ4v) is 5.20. The van der Waals surface area contributed by atoms with E-state index < -0.39 is 11.6 Å². The van der Waals surface area contributed by atoms with Crippen LogP contribution in [0.25, 0.3) is 10.4 Å². The van der Waals surface area contributed by atoms with Crippen LogP contribution in [-0.2, 0) is 14.3 Å². The summed E-state index contributed by atoms with van der Waals surface area (Å²) in [4.78, 5) is 28.3. The van der Waals surface area contributed by atoms with Crippen LogP contribution >= 0.6 is 11.3 Å². The molecule has 1 fully saturated rings. The molecule has 1 aromatic heterocycles. The molecule has 1 unspecified atom stereocenters. The monoisotopic (exact) mass is 527 g/mol. The number of nitrogens with one attached hydrogen (secondary N) is 2. The Morgan fingerprint density at radius 3 is 2.35 bits per heavy atom. The molecule has 0 spiro atoms. The molecule has 7 nitrogen and oxygen atoms in total. The van der Waals surface area contributed by atoms with Crippen molar-refractivity contribution in [3.63, 3.8) is 0 Å². The van der Waals surface area contributed by atoms with Crippen LogP contribution < -0.4 is 0 Å². The minimum Gasteiger partial charge on any atom is -0.461 e. The minimum atomic E-state index is -0.702. The molecule has 3 rings (SSSR count). The Labute approximate surface area is 225 Å². The lowest BCUT2D eigenvalue weighted by Crippen LogP contribution is -2.47. The van der Waals surface area contributed by atoms with Crippen molar-refractivity contribution in [1.82, 2.24) is 4.90 Å². The summed E-state index contributed by atoms with van der Waals surface area (Å²) in [6, 6.07) is 9.73. The summed E-state index contributed by atoms with van der Waals surface area (Å²) in [5.41, 5.74) is 2.10. The van der Waals surface area contributed by atoms with Gasteiger partial charge >= 0.3 is 12.1 Å². The number of carbonyl (C=O) groups excluding carboxylic acids is 2. The summed E-state index contributed by atoms with van der Waals surface area (Å²) >= 11 is 1.31. The van der Waals surface area contributed by atoms with Crippen LogP contribution in [0.3, 0.4) is 0 Å². The highest BCUT2D eigenvalue weighted by Crippen LogP contribution is 2.34. The number of likely N-dealkylation sites (tertiary alicyclic amines) is 1. The molecule has 1 aromatic carbocycles. The Morgan fingerprint density at radius 2 is 1.76 bits per heavy atom. The zero-order valence-electron chi connectivity index (χ0n) is 23.2. The summed E-state index contributed by atoms with van der Waals surface area (Å²) in [5, 5.41) is 17.4. The first kappa shape index (κ1) is 30.2. The van der Waals surface area contributed by atoms with Gasteiger partial charge in [-0.15, -0.1) is 11.3 Å². The molecule has 2 heterocycles. The van der Waals surface area contributed by atoms with Crippen molar-refractivity contribution >= 4 is 34.8 Å². The van der Waals surface area contributed by atoms with Crippen molar-refractivity contribution in [2.45, 2.75) is 85.8 Å². The summed E-state index contributed by atoms with van der Waals surface area (Å²) in [7, 11) is 0. The van der Waals surface area contributed by atoms with E-state index in [1.54, 1.807) is 11.8 Å². The molecule has 1 aliphatic rings. The number of hydrogen-bond acceptors (Lipinski definition) is 7. The van der Waals surface area contributed by atoms with Gasteiger partial charge in [-0.05, 0) is 65.5 Å². The van der Waals surface area contributed by atoms with E-state index in [2.05, 4.69) is 0 Å². The van der Waals surface area contributed by atoms with Gasteiger partial charge in [0.1, 0.15) is 5.60 Å². The minimum absolute atomic E-state index is 0.168. The van der Waals surface area contributed by atoms with Crippen LogP contribution in [0.4, 0.5) is 4.79 Å². The van der Waals surface area contributed by atoms with Crippen LogP contribution in [0.2, 0.25) is 0 Å². The van der Waals surface area contributed by atoms with Crippen molar-refractivity contribution in [2.75, 3.05) is 13.2 Å². The fraction of sp³-hybridized carbons (Fsp3) is 0.517. The van der Waals surface area contributed by atoms with Gasteiger partial charge in [0.15, 0.2) is 5.71 Å². The largest absolute Gasteiger partial charge is 0.461 e. The lowest BCUT2D eigenvalue weighted by Gasteiger charge is -2.37. The predicted molar refractivity (Wildman–Crippen MR) is 151 cm³/mol. The average Bonchev–Trinajstić information content (AvgIpc) is 3.30. The number of benzene rings is 1. The van der Waals surface area contributed by atoms with Gasteiger partial charge in [0, 0.05) is 35.2 Å². The number of hydrogen-bond donors (Lipinski definition) is 2. The van der Waals surface area contributed by atoms with Gasteiger partial charge in [-0.25, -0.2) is 9.59 Å². The molecule has 202 valence electrons. The lowest BCUT2D eigenvalue weighted by atomic mass is 9.94. The summed E-state index contributed by atoms with van der Waals surface area (Å²) in [6.45, 7) is 14.0. The van der Waals surface area contributed by atoms with Crippen molar-refractivity contribution in [2.24, 2.45) is 0 Å². The van der Waals surface area contributed by atoms with E-state index in [1.165, 1.54) is 11.3 Å². The number of ether oxygens (including phenoxy) is 2. The molecule has 37 heavy (non-hydrogen) atoms. The van der Waals surface area contributed by atoms with Crippen LogP contribution in [-0.4, -0.2) is 53.2 Å². The Balaban J connectivity index is 0.00000235. The molecule has 2 N–H and O–H groups in total. The maximum Gasteiger partial charge on any atom is 0.410 e. The number of nitrogens with zero attached hydrogens (tertiary/aromatic N) is 1. The van der Waals surface area contributed by atoms with Crippen LogP contribution in [0, 0.1) is 17.7 Å². The maximum absolute atomic E-state index is 12.8. The first-order valence-electron chi connectivity index (χ1n) is 13.0. The summed E-state index contributed by atoms with van der Waals surface area (Å²) in [6.07, 6.45) is 2.62. The third-order valence-electron chi connectivity index (χ3n) is 5.79. The molecule has 0 radical (unpaired) electrons. The molecular weight excluding hydrogens is 486 g/mol. The van der Waals surface area contributed by atoms with Crippen molar-refractivity contribution in [3.8, 4) is 10.4 Å². The zero-order valence-corrected chi connectivity index (χ0v) is 24.0. The second-order valence-corrected chi connectivity index (χ2v) is 10.9. The number of carbonyl (C=O) groups is 2. The fourth-order valence-electron chi connectivity index (χ4n) is 4.08. The molecular formula is C29H41N3O4S. The summed E-state index contributed by atoms with van der Waals surface area (Å²) < 4.78 is 10.7. The number of esters is 1. The number of amides is 1. The van der Waals surface area contributed by atoms with E-state index in [9.17, 15) is 9.59 Å². The highest BCUT2D eigenvalue weighted by atomic mass is 32.1. The molecule has 1 amide bonds. The van der Waals surface area contributed by atoms with E-state index in [-0.39, 0.29) is 24.5 Å². The van der Waals surface area contributed by atoms with Crippen molar-refractivity contribution in [3.05, 3.63) is 46.3 Å². The van der Waals surface area contributed by atoms with Crippen molar-refractivity contribution in [1.29, 1.82) is 10.8 Å². The van der Waals surface area contributed by atoms with Crippen LogP contribution in [0.5, 0.6) is 0 Å². The number of aryl methyl sites for hydroxylation is 1. The predicted octanol–water partition coefficient (Wildman–Crippen LogP) is 7.23. The SMILES string of the molecule is CC.CCOC(=O)C(=N)c1sc(-c2ccc(C)cc2)cc1C(=N)CC1CCCCN1C(=O)OC(C)(C)C. The third kappa shape index (κ3) is 8.25. The number of thiophene rings is 1. The molecule has 0 aliphatic carbocycles. The highest BCUT2D eigenvalue weighted by molar-refractivity contribution is 7.18. The molecule has 1 aliphatic heterocycles. The normalized spacial score (nSPS) is 15.3. The molecule has 1 saturated heterocycles. The zero-order chi connectivity index (χ0) is 27.8. The van der Waals surface area contributed by atoms with Gasteiger partial charge in [0.2, 0.25) is 0 Å². The second-order valence-electron chi connectivity index (χ2n) is 9.82. The topological polar surface area (TPSA) is 104 Å². The van der Waals surface area contributed by atoms with E-state index in [4.69, 9.17) is 20.3 Å². The van der Waals surface area contributed by atoms with Gasteiger partial charge in [0.25, 0.3) is 0 Å². The first-order chi connectivity index (χ1) is 17.5. The molecule has 1 atom stereocenters. The average molecular weight is 528 g/mol. The molecule has 0 saturated carbocycles. The van der Waals surface area contributed by atoms with E-state index in [0.717, 1.165) is 35.3 Å². The number of rotatable bonds is 7. The quantitative estimate of drug-likeness (QED) is 0.293. The van der Waals surface area contributed by atoms with E-state index in [0.29, 0.717) is 29.1 Å². The molecule has 0 bridgehead atoms. The van der Waals surface area contributed by atoms with E-state index in [1.807, 2.05) is 71.9 Å². The third-order valence-corrected chi connectivity index (χ3v) is 7.00. The van der Waals surface area contributed by atoms with Crippen LogP contribution in [0.15, 0.2) is 30.3 Å².